The summed E-state index contributed by atoms with van der Waals surface area (Å²) < 4.78 is 0. The van der Waals surface area contributed by atoms with Gasteiger partial charge < -0.3 is 11.1 Å². The normalized spacial score (nSPS) is 12.1. The zero-order valence-electron chi connectivity index (χ0n) is 8.81. The Labute approximate surface area is 89.1 Å². The molecule has 1 unspecified atom stereocenters. The van der Waals surface area contributed by atoms with Crippen LogP contribution in [0.5, 0.6) is 0 Å². The molecule has 1 amide bonds. The number of nitrogens with two attached hydrogens (primary N) is 1. The van der Waals surface area contributed by atoms with Crippen molar-refractivity contribution in [2.24, 2.45) is 5.73 Å². The van der Waals surface area contributed by atoms with Crippen LogP contribution in [0.1, 0.15) is 30.1 Å². The minimum Gasteiger partial charge on any atom is -0.350 e. The topological polar surface area (TPSA) is 80.9 Å². The fourth-order valence-corrected chi connectivity index (χ4v) is 1.22. The van der Waals surface area contributed by atoms with Gasteiger partial charge in [-0.1, -0.05) is 13.3 Å². The van der Waals surface area contributed by atoms with Crippen LogP contribution in [-0.2, 0) is 0 Å². The van der Waals surface area contributed by atoms with E-state index in [-0.39, 0.29) is 11.9 Å². The molecule has 0 aliphatic rings. The summed E-state index contributed by atoms with van der Waals surface area (Å²) in [5, 5.41) is 2.74. The second-order valence-electron chi connectivity index (χ2n) is 3.39. The van der Waals surface area contributed by atoms with Crippen LogP contribution in [0.3, 0.4) is 0 Å². The van der Waals surface area contributed by atoms with E-state index in [2.05, 4.69) is 22.2 Å². The lowest BCUT2D eigenvalue weighted by atomic mass is 10.2. The van der Waals surface area contributed by atoms with E-state index in [0.29, 0.717) is 12.1 Å². The predicted octanol–water partition coefficient (Wildman–Crippen LogP) is 0.334. The number of hydrogen-bond donors (Lipinski definition) is 2. The molecule has 0 saturated carbocycles. The van der Waals surface area contributed by atoms with Crippen molar-refractivity contribution in [2.75, 3.05) is 6.54 Å². The molecule has 5 heteroatoms. The van der Waals surface area contributed by atoms with Gasteiger partial charge in [-0.25, -0.2) is 9.97 Å². The molecule has 1 aromatic rings. The monoisotopic (exact) mass is 208 g/mol. The van der Waals surface area contributed by atoms with Crippen LogP contribution in [0.25, 0.3) is 0 Å². The average Bonchev–Trinajstić information content (AvgIpc) is 2.27. The third-order valence-corrected chi connectivity index (χ3v) is 2.01. The zero-order chi connectivity index (χ0) is 11.1. The molecule has 0 saturated heterocycles. The number of amides is 1. The van der Waals surface area contributed by atoms with Gasteiger partial charge >= 0.3 is 0 Å². The zero-order valence-corrected chi connectivity index (χ0v) is 8.81. The van der Waals surface area contributed by atoms with Gasteiger partial charge in [-0.3, -0.25) is 4.79 Å². The predicted molar refractivity (Wildman–Crippen MR) is 57.2 cm³/mol. The number of nitrogens with one attached hydrogen (secondary N) is 1. The molecule has 1 atom stereocenters. The molecule has 5 nitrogen and oxygen atoms in total. The van der Waals surface area contributed by atoms with Crippen molar-refractivity contribution in [3.8, 4) is 0 Å². The molecule has 0 radical (unpaired) electrons. The number of aromatic nitrogens is 2. The fourth-order valence-electron chi connectivity index (χ4n) is 1.22. The highest BCUT2D eigenvalue weighted by Crippen LogP contribution is 1.94. The van der Waals surface area contributed by atoms with Crippen molar-refractivity contribution in [3.63, 3.8) is 0 Å². The van der Waals surface area contributed by atoms with E-state index in [9.17, 15) is 4.79 Å². The minimum absolute atomic E-state index is 0.0172. The van der Waals surface area contributed by atoms with Crippen LogP contribution in [0.15, 0.2) is 18.7 Å². The molecular weight excluding hydrogens is 192 g/mol. The molecule has 0 aromatic carbocycles. The van der Waals surface area contributed by atoms with E-state index in [1.165, 1.54) is 18.7 Å². The summed E-state index contributed by atoms with van der Waals surface area (Å²) in [6, 6.07) is 0.0172. The van der Waals surface area contributed by atoms with Crippen molar-refractivity contribution < 1.29 is 4.79 Å². The van der Waals surface area contributed by atoms with Crippen molar-refractivity contribution in [3.05, 3.63) is 24.3 Å². The third kappa shape index (κ3) is 4.03. The third-order valence-electron chi connectivity index (χ3n) is 2.01. The molecule has 1 rings (SSSR count). The van der Waals surface area contributed by atoms with Crippen molar-refractivity contribution in [2.45, 2.75) is 25.8 Å². The van der Waals surface area contributed by atoms with Crippen LogP contribution in [0.4, 0.5) is 0 Å². The second kappa shape index (κ2) is 6.08. The standard InChI is InChI=1S/C10H16N4O/c1-2-3-9(11)6-14-10(15)8-4-12-7-13-5-8/h4-5,7,9H,2-3,6,11H2,1H3,(H,14,15). The minimum atomic E-state index is -0.179. The Kier molecular flexibility index (Phi) is 4.70. The van der Waals surface area contributed by atoms with Gasteiger partial charge in [0.2, 0.25) is 0 Å². The molecule has 15 heavy (non-hydrogen) atoms. The largest absolute Gasteiger partial charge is 0.350 e. The lowest BCUT2D eigenvalue weighted by Crippen LogP contribution is -2.37. The first kappa shape index (κ1) is 11.6. The number of carbonyl (C=O) groups excluding carboxylic acids is 1. The summed E-state index contributed by atoms with van der Waals surface area (Å²) in [6.07, 6.45) is 6.28. The van der Waals surface area contributed by atoms with Crippen LogP contribution in [0, 0.1) is 0 Å². The smallest absolute Gasteiger partial charge is 0.254 e. The summed E-state index contributed by atoms with van der Waals surface area (Å²) in [4.78, 5) is 19.0. The Balaban J connectivity index is 2.37. The molecule has 0 aliphatic carbocycles. The highest BCUT2D eigenvalue weighted by Gasteiger charge is 2.07. The van der Waals surface area contributed by atoms with Gasteiger partial charge in [-0.15, -0.1) is 0 Å². The van der Waals surface area contributed by atoms with Crippen molar-refractivity contribution in [1.29, 1.82) is 0 Å². The summed E-state index contributed by atoms with van der Waals surface area (Å²) in [5.41, 5.74) is 6.22. The molecule has 0 fully saturated rings. The number of rotatable bonds is 5. The van der Waals surface area contributed by atoms with Gasteiger partial charge in [0.05, 0.1) is 5.56 Å². The Hall–Kier alpha value is -1.49. The number of nitrogens with zero attached hydrogens (tertiary/aromatic N) is 2. The Morgan fingerprint density at radius 3 is 2.80 bits per heavy atom. The van der Waals surface area contributed by atoms with Crippen LogP contribution in [-0.4, -0.2) is 28.5 Å². The molecule has 0 bridgehead atoms. The fraction of sp³-hybridized carbons (Fsp3) is 0.500. The SMILES string of the molecule is CCCC(N)CNC(=O)c1cncnc1. The van der Waals surface area contributed by atoms with E-state index in [0.717, 1.165) is 12.8 Å². The summed E-state index contributed by atoms with van der Waals surface area (Å²) in [5.74, 6) is -0.179. The highest BCUT2D eigenvalue weighted by molar-refractivity contribution is 5.93. The van der Waals surface area contributed by atoms with E-state index >= 15 is 0 Å². The first-order valence-corrected chi connectivity index (χ1v) is 5.02. The number of carbonyl (C=O) groups is 1. The van der Waals surface area contributed by atoms with Gasteiger partial charge in [0.15, 0.2) is 0 Å². The summed E-state index contributed by atoms with van der Waals surface area (Å²) in [6.45, 7) is 2.55. The van der Waals surface area contributed by atoms with Gasteiger partial charge in [0, 0.05) is 25.0 Å². The maximum Gasteiger partial charge on any atom is 0.254 e. The Morgan fingerprint density at radius 1 is 1.53 bits per heavy atom. The lowest BCUT2D eigenvalue weighted by molar-refractivity contribution is 0.0950. The number of hydrogen-bond acceptors (Lipinski definition) is 4. The van der Waals surface area contributed by atoms with Crippen LogP contribution in [0.2, 0.25) is 0 Å². The summed E-state index contributed by atoms with van der Waals surface area (Å²) in [7, 11) is 0. The quantitative estimate of drug-likeness (QED) is 0.730. The molecule has 3 N–H and O–H groups in total. The Morgan fingerprint density at radius 2 is 2.20 bits per heavy atom. The van der Waals surface area contributed by atoms with Crippen molar-refractivity contribution >= 4 is 5.91 Å². The van der Waals surface area contributed by atoms with Gasteiger partial charge in [0.1, 0.15) is 6.33 Å². The molecular formula is C10H16N4O. The molecule has 0 spiro atoms. The van der Waals surface area contributed by atoms with E-state index in [1.54, 1.807) is 0 Å². The van der Waals surface area contributed by atoms with Crippen LogP contribution < -0.4 is 11.1 Å². The maximum absolute atomic E-state index is 11.5. The second-order valence-corrected chi connectivity index (χ2v) is 3.39. The molecule has 1 heterocycles. The van der Waals surface area contributed by atoms with E-state index < -0.39 is 0 Å². The van der Waals surface area contributed by atoms with Crippen molar-refractivity contribution in [1.82, 2.24) is 15.3 Å². The summed E-state index contributed by atoms with van der Waals surface area (Å²) >= 11 is 0. The molecule has 0 aliphatic heterocycles. The highest BCUT2D eigenvalue weighted by atomic mass is 16.1. The van der Waals surface area contributed by atoms with Crippen LogP contribution >= 0.6 is 0 Å². The Bertz CT molecular complexity index is 302. The van der Waals surface area contributed by atoms with Gasteiger partial charge in [-0.2, -0.15) is 0 Å². The first-order chi connectivity index (χ1) is 7.24. The van der Waals surface area contributed by atoms with E-state index in [1.807, 2.05) is 0 Å². The average molecular weight is 208 g/mol. The van der Waals surface area contributed by atoms with E-state index in [4.69, 9.17) is 5.73 Å². The van der Waals surface area contributed by atoms with Gasteiger partial charge in [0.25, 0.3) is 5.91 Å². The molecule has 1 aromatic heterocycles. The first-order valence-electron chi connectivity index (χ1n) is 5.02. The maximum atomic E-state index is 11.5. The van der Waals surface area contributed by atoms with Gasteiger partial charge in [-0.05, 0) is 6.42 Å². The molecule has 82 valence electrons. The lowest BCUT2D eigenvalue weighted by Gasteiger charge is -2.10.